The number of carbonyl (C=O) groups excluding carboxylic acids is 3. The van der Waals surface area contributed by atoms with Gasteiger partial charge in [0.15, 0.2) is 0 Å². The van der Waals surface area contributed by atoms with Crippen molar-refractivity contribution < 1.29 is 22.8 Å². The van der Waals surface area contributed by atoms with Gasteiger partial charge in [0.05, 0.1) is 10.5 Å². The number of nitrogens with one attached hydrogen (secondary N) is 2. The molecule has 3 aromatic carbocycles. The molecule has 0 aliphatic heterocycles. The molecule has 0 aliphatic rings. The van der Waals surface area contributed by atoms with E-state index in [1.54, 1.807) is 56.3 Å². The van der Waals surface area contributed by atoms with E-state index in [2.05, 4.69) is 20.0 Å². The molecule has 0 fully saturated rings. The minimum atomic E-state index is -4.24. The molecule has 4 rings (SSSR count). The van der Waals surface area contributed by atoms with Crippen molar-refractivity contribution in [1.82, 2.24) is 19.6 Å². The zero-order chi connectivity index (χ0) is 28.7. The summed E-state index contributed by atoms with van der Waals surface area (Å²) in [5.74, 6) is -3.05. The summed E-state index contributed by atoms with van der Waals surface area (Å²) in [5, 5.41) is 4.30. The van der Waals surface area contributed by atoms with E-state index in [1.807, 2.05) is 12.1 Å². The molecule has 206 valence electrons. The summed E-state index contributed by atoms with van der Waals surface area (Å²) < 4.78 is 28.4. The second-order valence-electron chi connectivity index (χ2n) is 9.02. The fraction of sp³-hybridized carbons (Fsp3) is 0.207. The van der Waals surface area contributed by atoms with E-state index in [0.29, 0.717) is 35.3 Å². The molecule has 10 nitrogen and oxygen atoms in total. The zero-order valence-electron chi connectivity index (χ0n) is 22.1. The van der Waals surface area contributed by atoms with Crippen LogP contribution in [0.5, 0.6) is 0 Å². The molecule has 1 unspecified atom stereocenters. The highest BCUT2D eigenvalue weighted by Crippen LogP contribution is 2.21. The van der Waals surface area contributed by atoms with Gasteiger partial charge in [0.2, 0.25) is 11.8 Å². The van der Waals surface area contributed by atoms with Crippen LogP contribution in [0.2, 0.25) is 0 Å². The number of anilines is 1. The second-order valence-corrected chi connectivity index (χ2v) is 10.7. The van der Waals surface area contributed by atoms with Gasteiger partial charge in [-0.1, -0.05) is 42.5 Å². The molecule has 0 saturated carbocycles. The number of aromatic nitrogens is 2. The normalized spacial score (nSPS) is 11.9. The molecule has 0 saturated heterocycles. The quantitative estimate of drug-likeness (QED) is 0.284. The molecule has 0 aliphatic carbocycles. The lowest BCUT2D eigenvalue weighted by molar-refractivity contribution is -0.141. The lowest BCUT2D eigenvalue weighted by Gasteiger charge is -2.24. The number of hydrogen-bond acceptors (Lipinski definition) is 7. The number of rotatable bonds is 10. The number of nitrogens with zero attached hydrogens (tertiary/aromatic N) is 3. The third-order valence-corrected chi connectivity index (χ3v) is 7.77. The summed E-state index contributed by atoms with van der Waals surface area (Å²) in [6.45, 7) is 4.31. The minimum Gasteiger partial charge on any atom is -0.343 e. The van der Waals surface area contributed by atoms with Crippen LogP contribution in [0.15, 0.2) is 90.3 Å². The Hall–Kier alpha value is -4.64. The summed E-state index contributed by atoms with van der Waals surface area (Å²) in [6.07, 6.45) is 4.08. The van der Waals surface area contributed by atoms with Crippen molar-refractivity contribution in [2.24, 2.45) is 5.92 Å². The smallest absolute Gasteiger partial charge is 0.264 e. The van der Waals surface area contributed by atoms with Crippen LogP contribution in [0.4, 0.5) is 5.69 Å². The van der Waals surface area contributed by atoms with E-state index in [0.717, 1.165) is 5.39 Å². The van der Waals surface area contributed by atoms with E-state index in [1.165, 1.54) is 35.8 Å². The summed E-state index contributed by atoms with van der Waals surface area (Å²) in [7, 11) is -4.24. The van der Waals surface area contributed by atoms with Crippen LogP contribution in [0.25, 0.3) is 10.8 Å². The molecular weight excluding hydrogens is 530 g/mol. The molecule has 0 bridgehead atoms. The number of fused-ring (bicyclic) bond motifs is 1. The first-order valence-corrected chi connectivity index (χ1v) is 14.2. The van der Waals surface area contributed by atoms with Gasteiger partial charge in [-0.2, -0.15) is 0 Å². The third kappa shape index (κ3) is 6.67. The Morgan fingerprint density at radius 2 is 1.52 bits per heavy atom. The zero-order valence-corrected chi connectivity index (χ0v) is 22.9. The lowest BCUT2D eigenvalue weighted by Crippen LogP contribution is -2.46. The number of hydrogen-bond donors (Lipinski definition) is 2. The molecule has 0 radical (unpaired) electrons. The Bertz CT molecular complexity index is 1620. The number of carbonyl (C=O) groups is 3. The van der Waals surface area contributed by atoms with Gasteiger partial charge in [-0.05, 0) is 60.9 Å². The molecule has 1 atom stereocenters. The topological polar surface area (TPSA) is 138 Å². The predicted octanol–water partition coefficient (Wildman–Crippen LogP) is 3.41. The average molecular weight is 560 g/mol. The molecule has 4 aromatic rings. The predicted molar refractivity (Wildman–Crippen MR) is 151 cm³/mol. The number of amides is 3. The highest BCUT2D eigenvalue weighted by molar-refractivity contribution is 7.90. The Kier molecular flexibility index (Phi) is 8.85. The third-order valence-electron chi connectivity index (χ3n) is 6.43. The van der Waals surface area contributed by atoms with Gasteiger partial charge in [-0.15, -0.1) is 0 Å². The molecule has 2 N–H and O–H groups in total. The van der Waals surface area contributed by atoms with Crippen molar-refractivity contribution in [2.75, 3.05) is 18.4 Å². The van der Waals surface area contributed by atoms with Crippen LogP contribution in [-0.4, -0.2) is 54.1 Å². The van der Waals surface area contributed by atoms with Crippen LogP contribution in [0.3, 0.4) is 0 Å². The Morgan fingerprint density at radius 1 is 0.875 bits per heavy atom. The first kappa shape index (κ1) is 28.4. The Labute approximate surface area is 232 Å². The van der Waals surface area contributed by atoms with E-state index < -0.39 is 27.8 Å². The molecule has 3 amide bonds. The molecule has 0 spiro atoms. The monoisotopic (exact) mass is 559 g/mol. The van der Waals surface area contributed by atoms with Gasteiger partial charge in [-0.3, -0.25) is 14.4 Å². The summed E-state index contributed by atoms with van der Waals surface area (Å²) in [6, 6.07) is 18.5. The van der Waals surface area contributed by atoms with Crippen molar-refractivity contribution in [1.29, 1.82) is 0 Å². The maximum absolute atomic E-state index is 13.3. The molecule has 40 heavy (non-hydrogen) atoms. The van der Waals surface area contributed by atoms with E-state index >= 15 is 0 Å². The first-order valence-electron chi connectivity index (χ1n) is 12.7. The second kappa shape index (κ2) is 12.5. The maximum atomic E-state index is 13.3. The summed E-state index contributed by atoms with van der Waals surface area (Å²) in [5.41, 5.74) is 1.40. The molecule has 11 heteroatoms. The van der Waals surface area contributed by atoms with Crippen molar-refractivity contribution in [3.05, 3.63) is 96.6 Å². The van der Waals surface area contributed by atoms with E-state index in [4.69, 9.17) is 0 Å². The number of sulfonamides is 1. The van der Waals surface area contributed by atoms with Crippen molar-refractivity contribution in [3.8, 4) is 0 Å². The van der Waals surface area contributed by atoms with Gasteiger partial charge < -0.3 is 10.2 Å². The van der Waals surface area contributed by atoms with Crippen LogP contribution in [-0.2, 0) is 26.0 Å². The maximum Gasteiger partial charge on any atom is 0.264 e. The molecular formula is C29H29N5O5S. The summed E-state index contributed by atoms with van der Waals surface area (Å²) in [4.78, 5) is 48.1. The van der Waals surface area contributed by atoms with Crippen LogP contribution >= 0.6 is 0 Å². The fourth-order valence-electron chi connectivity index (χ4n) is 4.22. The van der Waals surface area contributed by atoms with Gasteiger partial charge in [0.1, 0.15) is 12.2 Å². The van der Waals surface area contributed by atoms with Gasteiger partial charge >= 0.3 is 0 Å². The van der Waals surface area contributed by atoms with Gasteiger partial charge in [-0.25, -0.2) is 23.1 Å². The molecule has 1 heterocycles. The average Bonchev–Trinajstić information content (AvgIpc) is 2.97. The first-order chi connectivity index (χ1) is 19.2. The Morgan fingerprint density at radius 3 is 2.17 bits per heavy atom. The van der Waals surface area contributed by atoms with Crippen molar-refractivity contribution in [3.63, 3.8) is 0 Å². The van der Waals surface area contributed by atoms with Crippen LogP contribution in [0, 0.1) is 5.92 Å². The van der Waals surface area contributed by atoms with Crippen LogP contribution < -0.4 is 10.0 Å². The largest absolute Gasteiger partial charge is 0.343 e. The standard InChI is InChI=1S/C29H29N5O5S/c1-3-34(4-2)29(37)26(15-20-9-12-24(13-10-20)32-27(35)23-17-30-19-31-18-23)28(36)33-40(38,39)25-14-11-21-7-5-6-8-22(21)16-25/h5-14,16-19,26H,3-4,15H2,1-2H3,(H,32,35)(H,33,36). The van der Waals surface area contributed by atoms with Gasteiger partial charge in [0.25, 0.3) is 15.9 Å². The Balaban J connectivity index is 1.53. The summed E-state index contributed by atoms with van der Waals surface area (Å²) >= 11 is 0. The van der Waals surface area contributed by atoms with Crippen LogP contribution in [0.1, 0.15) is 29.8 Å². The highest BCUT2D eigenvalue weighted by Gasteiger charge is 2.33. The van der Waals surface area contributed by atoms with Gasteiger partial charge in [0, 0.05) is 31.2 Å². The van der Waals surface area contributed by atoms with E-state index in [-0.39, 0.29) is 17.2 Å². The lowest BCUT2D eigenvalue weighted by atomic mass is 9.97. The molecule has 1 aromatic heterocycles. The SMILES string of the molecule is CCN(CC)C(=O)C(Cc1ccc(NC(=O)c2cncnc2)cc1)C(=O)NS(=O)(=O)c1ccc2ccccc2c1. The van der Waals surface area contributed by atoms with Crippen molar-refractivity contribution >= 4 is 44.2 Å². The van der Waals surface area contributed by atoms with Crippen molar-refractivity contribution in [2.45, 2.75) is 25.2 Å². The van der Waals surface area contributed by atoms with E-state index in [9.17, 15) is 22.8 Å². The fourth-order valence-corrected chi connectivity index (χ4v) is 5.28. The highest BCUT2D eigenvalue weighted by atomic mass is 32.2. The number of benzene rings is 3. The minimum absolute atomic E-state index is 0.0326.